The molecule has 102 valence electrons. The van der Waals surface area contributed by atoms with Crippen LogP contribution in [0.3, 0.4) is 0 Å². The Labute approximate surface area is 115 Å². The number of rotatable bonds is 3. The average Bonchev–Trinajstić information content (AvgIpc) is 2.41. The molecule has 0 spiro atoms. The van der Waals surface area contributed by atoms with E-state index in [0.717, 1.165) is 0 Å². The molecule has 5 heteroatoms. The molecule has 0 aromatic heterocycles. The third-order valence-corrected chi connectivity index (χ3v) is 2.51. The Morgan fingerprint density at radius 3 is 2.55 bits per heavy atom. The quantitative estimate of drug-likeness (QED) is 0.511. The van der Waals surface area contributed by atoms with Gasteiger partial charge in [0.15, 0.2) is 0 Å². The van der Waals surface area contributed by atoms with Crippen molar-refractivity contribution in [1.29, 1.82) is 0 Å². The van der Waals surface area contributed by atoms with Gasteiger partial charge in [0.25, 0.3) is 5.91 Å². The largest absolute Gasteiger partial charge is 0.506 e. The molecule has 20 heavy (non-hydrogen) atoms. The van der Waals surface area contributed by atoms with Gasteiger partial charge in [0.05, 0.1) is 5.69 Å². The number of para-hydroxylation sites is 2. The number of carbonyl (C=O) groups is 2. The number of phenols is 1. The van der Waals surface area contributed by atoms with Crippen LogP contribution in [0.1, 0.15) is 17.3 Å². The van der Waals surface area contributed by atoms with Crippen molar-refractivity contribution in [2.75, 3.05) is 5.32 Å². The molecule has 1 amide bonds. The molecule has 0 fully saturated rings. The van der Waals surface area contributed by atoms with Crippen LogP contribution >= 0.6 is 0 Å². The van der Waals surface area contributed by atoms with Gasteiger partial charge in [-0.3, -0.25) is 9.59 Å². The predicted molar refractivity (Wildman–Crippen MR) is 73.8 cm³/mol. The highest BCUT2D eigenvalue weighted by atomic mass is 16.5. The van der Waals surface area contributed by atoms with Gasteiger partial charge in [0.1, 0.15) is 11.5 Å². The fourth-order valence-electron chi connectivity index (χ4n) is 1.64. The van der Waals surface area contributed by atoms with Gasteiger partial charge in [-0.2, -0.15) is 0 Å². The Morgan fingerprint density at radius 1 is 1.10 bits per heavy atom. The second kappa shape index (κ2) is 5.88. The second-order valence-electron chi connectivity index (χ2n) is 4.09. The maximum absolute atomic E-state index is 12.0. The summed E-state index contributed by atoms with van der Waals surface area (Å²) in [6.07, 6.45) is 0. The Balaban J connectivity index is 2.17. The van der Waals surface area contributed by atoms with Crippen LogP contribution in [0.15, 0.2) is 48.5 Å². The number of hydrogen-bond donors (Lipinski definition) is 2. The first-order chi connectivity index (χ1) is 9.56. The van der Waals surface area contributed by atoms with Crippen molar-refractivity contribution in [1.82, 2.24) is 0 Å². The van der Waals surface area contributed by atoms with Crippen molar-refractivity contribution in [3.8, 4) is 11.5 Å². The second-order valence-corrected chi connectivity index (χ2v) is 4.09. The Bertz CT molecular complexity index is 652. The van der Waals surface area contributed by atoms with E-state index in [0.29, 0.717) is 17.0 Å². The molecular formula is C15H13NO4. The molecular weight excluding hydrogens is 258 g/mol. The zero-order valence-electron chi connectivity index (χ0n) is 10.8. The first-order valence-corrected chi connectivity index (χ1v) is 5.94. The highest BCUT2D eigenvalue weighted by molar-refractivity contribution is 6.05. The van der Waals surface area contributed by atoms with Gasteiger partial charge in [-0.15, -0.1) is 0 Å². The van der Waals surface area contributed by atoms with E-state index in [1.165, 1.54) is 19.1 Å². The standard InChI is InChI=1S/C15H13NO4/c1-10(17)20-12-6-4-5-11(9-12)15(19)16-13-7-2-3-8-14(13)18/h2-9,18H,1H3,(H,16,19). The minimum absolute atomic E-state index is 0.0167. The summed E-state index contributed by atoms with van der Waals surface area (Å²) >= 11 is 0. The SMILES string of the molecule is CC(=O)Oc1cccc(C(=O)Nc2ccccc2O)c1. The van der Waals surface area contributed by atoms with Crippen molar-refractivity contribution >= 4 is 17.6 Å². The van der Waals surface area contributed by atoms with Gasteiger partial charge in [-0.1, -0.05) is 18.2 Å². The zero-order valence-corrected chi connectivity index (χ0v) is 10.8. The molecule has 0 saturated heterocycles. The molecule has 2 N–H and O–H groups in total. The van der Waals surface area contributed by atoms with E-state index in [1.54, 1.807) is 36.4 Å². The number of amides is 1. The van der Waals surface area contributed by atoms with Crippen LogP contribution < -0.4 is 10.1 Å². The lowest BCUT2D eigenvalue weighted by Gasteiger charge is -2.08. The van der Waals surface area contributed by atoms with Crippen molar-refractivity contribution in [3.05, 3.63) is 54.1 Å². The molecule has 5 nitrogen and oxygen atoms in total. The topological polar surface area (TPSA) is 75.6 Å². The monoisotopic (exact) mass is 271 g/mol. The molecule has 0 radical (unpaired) electrons. The van der Waals surface area contributed by atoms with E-state index in [1.807, 2.05) is 0 Å². The summed E-state index contributed by atoms with van der Waals surface area (Å²) in [6, 6.07) is 12.7. The molecule has 2 rings (SSSR count). The van der Waals surface area contributed by atoms with Crippen molar-refractivity contribution in [2.24, 2.45) is 0 Å². The van der Waals surface area contributed by atoms with Crippen LogP contribution in [0, 0.1) is 0 Å². The van der Waals surface area contributed by atoms with Gasteiger partial charge in [0.2, 0.25) is 0 Å². The molecule has 0 heterocycles. The van der Waals surface area contributed by atoms with E-state index in [9.17, 15) is 14.7 Å². The third-order valence-electron chi connectivity index (χ3n) is 2.51. The van der Waals surface area contributed by atoms with Crippen molar-refractivity contribution in [3.63, 3.8) is 0 Å². The number of esters is 1. The molecule has 0 aliphatic heterocycles. The van der Waals surface area contributed by atoms with Crippen molar-refractivity contribution in [2.45, 2.75) is 6.92 Å². The van der Waals surface area contributed by atoms with Gasteiger partial charge in [-0.25, -0.2) is 0 Å². The van der Waals surface area contributed by atoms with Crippen LogP contribution in [-0.4, -0.2) is 17.0 Å². The highest BCUT2D eigenvalue weighted by Crippen LogP contribution is 2.23. The van der Waals surface area contributed by atoms with Crippen LogP contribution in [0.5, 0.6) is 11.5 Å². The maximum Gasteiger partial charge on any atom is 0.308 e. The Kier molecular flexibility index (Phi) is 4.00. The summed E-state index contributed by atoms with van der Waals surface area (Å²) in [5.74, 6) is -0.580. The number of phenolic OH excluding ortho intramolecular Hbond substituents is 1. The first-order valence-electron chi connectivity index (χ1n) is 5.94. The number of aromatic hydroxyl groups is 1. The zero-order chi connectivity index (χ0) is 14.5. The number of nitrogens with one attached hydrogen (secondary N) is 1. The number of carbonyl (C=O) groups excluding carboxylic acids is 2. The summed E-state index contributed by atoms with van der Waals surface area (Å²) in [7, 11) is 0. The third kappa shape index (κ3) is 3.35. The van der Waals surface area contributed by atoms with E-state index in [-0.39, 0.29) is 5.75 Å². The number of hydrogen-bond acceptors (Lipinski definition) is 4. The number of ether oxygens (including phenoxy) is 1. The Hall–Kier alpha value is -2.82. The van der Waals surface area contributed by atoms with Crippen LogP contribution in [-0.2, 0) is 4.79 Å². The molecule has 0 bridgehead atoms. The lowest BCUT2D eigenvalue weighted by Crippen LogP contribution is -2.12. The molecule has 0 aliphatic carbocycles. The summed E-state index contributed by atoms with van der Waals surface area (Å²) < 4.78 is 4.91. The Morgan fingerprint density at radius 2 is 1.85 bits per heavy atom. The van der Waals surface area contributed by atoms with Crippen LogP contribution in [0.4, 0.5) is 5.69 Å². The van der Waals surface area contributed by atoms with E-state index < -0.39 is 11.9 Å². The number of anilines is 1. The summed E-state index contributed by atoms with van der Waals surface area (Å²) in [4.78, 5) is 22.9. The minimum Gasteiger partial charge on any atom is -0.506 e. The fraction of sp³-hybridized carbons (Fsp3) is 0.0667. The normalized spacial score (nSPS) is 9.85. The molecule has 0 unspecified atom stereocenters. The summed E-state index contributed by atoms with van der Waals surface area (Å²) in [5, 5.41) is 12.2. The maximum atomic E-state index is 12.0. The number of benzene rings is 2. The lowest BCUT2D eigenvalue weighted by molar-refractivity contribution is -0.131. The first kappa shape index (κ1) is 13.6. The van der Waals surface area contributed by atoms with Crippen LogP contribution in [0.2, 0.25) is 0 Å². The lowest BCUT2D eigenvalue weighted by atomic mass is 10.2. The smallest absolute Gasteiger partial charge is 0.308 e. The van der Waals surface area contributed by atoms with Crippen LogP contribution in [0.25, 0.3) is 0 Å². The van der Waals surface area contributed by atoms with Gasteiger partial charge in [0, 0.05) is 12.5 Å². The molecule has 0 aliphatic rings. The minimum atomic E-state index is -0.455. The van der Waals surface area contributed by atoms with E-state index in [2.05, 4.69) is 5.32 Å². The molecule has 2 aromatic carbocycles. The van der Waals surface area contributed by atoms with Crippen molar-refractivity contribution < 1.29 is 19.4 Å². The molecule has 0 atom stereocenters. The predicted octanol–water partition coefficient (Wildman–Crippen LogP) is 2.57. The summed E-state index contributed by atoms with van der Waals surface area (Å²) in [5.41, 5.74) is 0.641. The van der Waals surface area contributed by atoms with Gasteiger partial charge >= 0.3 is 5.97 Å². The molecule has 0 saturated carbocycles. The van der Waals surface area contributed by atoms with E-state index in [4.69, 9.17) is 4.74 Å². The fourth-order valence-corrected chi connectivity index (χ4v) is 1.64. The van der Waals surface area contributed by atoms with Gasteiger partial charge < -0.3 is 15.2 Å². The van der Waals surface area contributed by atoms with Gasteiger partial charge in [-0.05, 0) is 30.3 Å². The van der Waals surface area contributed by atoms with E-state index >= 15 is 0 Å². The highest BCUT2D eigenvalue weighted by Gasteiger charge is 2.10. The average molecular weight is 271 g/mol. The molecule has 2 aromatic rings. The summed E-state index contributed by atoms with van der Waals surface area (Å²) in [6.45, 7) is 1.29.